The Morgan fingerprint density at radius 2 is 1.62 bits per heavy atom. The van der Waals surface area contributed by atoms with Crippen LogP contribution >= 0.6 is 23.2 Å². The number of aromatic nitrogens is 3. The van der Waals surface area contributed by atoms with Crippen LogP contribution in [0.2, 0.25) is 10.0 Å². The highest BCUT2D eigenvalue weighted by Gasteiger charge is 2.01. The van der Waals surface area contributed by atoms with Crippen molar-refractivity contribution in [1.82, 2.24) is 15.0 Å². The van der Waals surface area contributed by atoms with Crippen molar-refractivity contribution in [2.45, 2.75) is 6.54 Å². The van der Waals surface area contributed by atoms with Crippen molar-refractivity contribution >= 4 is 28.9 Å². The second-order valence-corrected chi connectivity index (χ2v) is 5.28. The van der Waals surface area contributed by atoms with Gasteiger partial charge in [0.1, 0.15) is 0 Å². The molecule has 0 aliphatic rings. The molecule has 0 radical (unpaired) electrons. The molecule has 1 heterocycles. The Balaban J connectivity index is 1.66. The summed E-state index contributed by atoms with van der Waals surface area (Å²) in [6.07, 6.45) is 3.30. The third-order valence-electron chi connectivity index (χ3n) is 3.00. The molecule has 0 amide bonds. The number of halogens is 2. The monoisotopic (exact) mass is 318 g/mol. The highest BCUT2D eigenvalue weighted by molar-refractivity contribution is 6.42. The van der Waals surface area contributed by atoms with Gasteiger partial charge in [0.2, 0.25) is 0 Å². The normalized spacial score (nSPS) is 10.6. The molecule has 1 aromatic heterocycles. The minimum atomic E-state index is 0.566. The van der Waals surface area contributed by atoms with Gasteiger partial charge in [0.15, 0.2) is 0 Å². The van der Waals surface area contributed by atoms with Crippen LogP contribution in [0.3, 0.4) is 0 Å². The standard InChI is InChI=1S/C15H12Cl2N4/c16-14-6-1-11(9-15(14)17)10-18-12-2-4-13(5-3-12)21-19-7-8-20-21/h1-9,18H,10H2. The van der Waals surface area contributed by atoms with Crippen molar-refractivity contribution in [3.63, 3.8) is 0 Å². The predicted molar refractivity (Wildman–Crippen MR) is 85.1 cm³/mol. The molecule has 0 atom stereocenters. The SMILES string of the molecule is Clc1ccc(CNc2ccc(-n3nccn3)cc2)cc1Cl. The van der Waals surface area contributed by atoms with Crippen molar-refractivity contribution in [3.05, 3.63) is 70.5 Å². The van der Waals surface area contributed by atoms with Crippen molar-refractivity contribution in [3.8, 4) is 5.69 Å². The van der Waals surface area contributed by atoms with Gasteiger partial charge in [0.05, 0.1) is 28.1 Å². The van der Waals surface area contributed by atoms with Gasteiger partial charge in [-0.1, -0.05) is 29.3 Å². The van der Waals surface area contributed by atoms with E-state index in [2.05, 4.69) is 15.5 Å². The molecule has 6 heteroatoms. The molecule has 106 valence electrons. The largest absolute Gasteiger partial charge is 0.381 e. The number of anilines is 1. The molecule has 0 unspecified atom stereocenters. The fourth-order valence-electron chi connectivity index (χ4n) is 1.92. The Labute approximate surface area is 132 Å². The molecule has 0 saturated heterocycles. The first-order valence-corrected chi connectivity index (χ1v) is 7.12. The summed E-state index contributed by atoms with van der Waals surface area (Å²) < 4.78 is 0. The molecule has 3 rings (SSSR count). The van der Waals surface area contributed by atoms with Crippen LogP contribution in [-0.2, 0) is 6.54 Å². The lowest BCUT2D eigenvalue weighted by Gasteiger charge is -2.08. The van der Waals surface area contributed by atoms with Gasteiger partial charge in [-0.25, -0.2) is 0 Å². The summed E-state index contributed by atoms with van der Waals surface area (Å²) in [6, 6.07) is 13.5. The molecule has 21 heavy (non-hydrogen) atoms. The van der Waals surface area contributed by atoms with E-state index in [9.17, 15) is 0 Å². The van der Waals surface area contributed by atoms with Gasteiger partial charge < -0.3 is 5.32 Å². The number of nitrogens with zero attached hydrogens (tertiary/aromatic N) is 3. The highest BCUT2D eigenvalue weighted by Crippen LogP contribution is 2.23. The Morgan fingerprint density at radius 3 is 2.29 bits per heavy atom. The number of nitrogens with one attached hydrogen (secondary N) is 1. The smallest absolute Gasteiger partial charge is 0.0858 e. The first-order chi connectivity index (χ1) is 10.2. The van der Waals surface area contributed by atoms with E-state index in [-0.39, 0.29) is 0 Å². The zero-order valence-corrected chi connectivity index (χ0v) is 12.5. The van der Waals surface area contributed by atoms with Crippen LogP contribution in [0.1, 0.15) is 5.56 Å². The Kier molecular flexibility index (Phi) is 4.08. The first-order valence-electron chi connectivity index (χ1n) is 6.37. The Morgan fingerprint density at radius 1 is 0.905 bits per heavy atom. The molecule has 1 N–H and O–H groups in total. The highest BCUT2D eigenvalue weighted by atomic mass is 35.5. The molecule has 0 spiro atoms. The zero-order chi connectivity index (χ0) is 14.7. The third-order valence-corrected chi connectivity index (χ3v) is 3.74. The van der Waals surface area contributed by atoms with Crippen molar-refractivity contribution in [2.75, 3.05) is 5.32 Å². The molecule has 0 bridgehead atoms. The summed E-state index contributed by atoms with van der Waals surface area (Å²) in [5.74, 6) is 0. The lowest BCUT2D eigenvalue weighted by Crippen LogP contribution is -2.01. The van der Waals surface area contributed by atoms with E-state index in [4.69, 9.17) is 23.2 Å². The molecular weight excluding hydrogens is 307 g/mol. The Hall–Kier alpha value is -2.04. The average molecular weight is 319 g/mol. The number of benzene rings is 2. The first kappa shape index (κ1) is 13.9. The number of hydrogen-bond acceptors (Lipinski definition) is 3. The molecule has 0 saturated carbocycles. The second-order valence-electron chi connectivity index (χ2n) is 4.47. The van der Waals surface area contributed by atoms with Crippen LogP contribution in [-0.4, -0.2) is 15.0 Å². The van der Waals surface area contributed by atoms with Crippen molar-refractivity contribution in [2.24, 2.45) is 0 Å². The maximum Gasteiger partial charge on any atom is 0.0858 e. The number of hydrogen-bond donors (Lipinski definition) is 1. The molecule has 0 aliphatic heterocycles. The average Bonchev–Trinajstić information content (AvgIpc) is 3.03. The van der Waals surface area contributed by atoms with E-state index in [1.54, 1.807) is 23.3 Å². The summed E-state index contributed by atoms with van der Waals surface area (Å²) in [6.45, 7) is 0.677. The molecular formula is C15H12Cl2N4. The van der Waals surface area contributed by atoms with Crippen LogP contribution in [0, 0.1) is 0 Å². The summed E-state index contributed by atoms with van der Waals surface area (Å²) in [5, 5.41) is 12.6. The van der Waals surface area contributed by atoms with Crippen LogP contribution in [0.5, 0.6) is 0 Å². The van der Waals surface area contributed by atoms with Crippen LogP contribution in [0.25, 0.3) is 5.69 Å². The number of rotatable bonds is 4. The fourth-order valence-corrected chi connectivity index (χ4v) is 2.24. The van der Waals surface area contributed by atoms with Crippen LogP contribution < -0.4 is 5.32 Å². The van der Waals surface area contributed by atoms with E-state index < -0.39 is 0 Å². The quantitative estimate of drug-likeness (QED) is 0.784. The maximum absolute atomic E-state index is 6.00. The third kappa shape index (κ3) is 3.35. The summed E-state index contributed by atoms with van der Waals surface area (Å²) in [7, 11) is 0. The van der Waals surface area contributed by atoms with E-state index in [0.29, 0.717) is 16.6 Å². The topological polar surface area (TPSA) is 42.7 Å². The molecule has 3 aromatic rings. The van der Waals surface area contributed by atoms with Crippen molar-refractivity contribution in [1.29, 1.82) is 0 Å². The Bertz CT molecular complexity index is 724. The van der Waals surface area contributed by atoms with Gasteiger partial charge >= 0.3 is 0 Å². The van der Waals surface area contributed by atoms with Gasteiger partial charge in [-0.3, -0.25) is 0 Å². The van der Waals surface area contributed by atoms with Gasteiger partial charge in [-0.15, -0.1) is 0 Å². The summed E-state index contributed by atoms with van der Waals surface area (Å²) >= 11 is 11.9. The molecule has 0 aliphatic carbocycles. The molecule has 0 fully saturated rings. The van der Waals surface area contributed by atoms with Gasteiger partial charge in [0.25, 0.3) is 0 Å². The van der Waals surface area contributed by atoms with E-state index >= 15 is 0 Å². The van der Waals surface area contributed by atoms with E-state index in [0.717, 1.165) is 16.9 Å². The second kappa shape index (κ2) is 6.16. The minimum Gasteiger partial charge on any atom is -0.381 e. The van der Waals surface area contributed by atoms with Gasteiger partial charge in [-0.2, -0.15) is 15.0 Å². The fraction of sp³-hybridized carbons (Fsp3) is 0.0667. The summed E-state index contributed by atoms with van der Waals surface area (Å²) in [4.78, 5) is 1.57. The zero-order valence-electron chi connectivity index (χ0n) is 11.0. The predicted octanol–water partition coefficient (Wildman–Crippen LogP) is 4.19. The minimum absolute atomic E-state index is 0.566. The van der Waals surface area contributed by atoms with Gasteiger partial charge in [-0.05, 0) is 42.0 Å². The van der Waals surface area contributed by atoms with Gasteiger partial charge in [0, 0.05) is 12.2 Å². The van der Waals surface area contributed by atoms with E-state index in [1.807, 2.05) is 36.4 Å². The lowest BCUT2D eigenvalue weighted by molar-refractivity contribution is 0.752. The summed E-state index contributed by atoms with van der Waals surface area (Å²) in [5.41, 5.74) is 3.00. The molecule has 4 nitrogen and oxygen atoms in total. The maximum atomic E-state index is 6.00. The van der Waals surface area contributed by atoms with Crippen LogP contribution in [0.15, 0.2) is 54.9 Å². The molecule has 2 aromatic carbocycles. The van der Waals surface area contributed by atoms with Crippen molar-refractivity contribution < 1.29 is 0 Å². The van der Waals surface area contributed by atoms with Crippen LogP contribution in [0.4, 0.5) is 5.69 Å². The van der Waals surface area contributed by atoms with E-state index in [1.165, 1.54) is 0 Å². The lowest BCUT2D eigenvalue weighted by atomic mass is 10.2.